The molecule has 0 aromatic heterocycles. The molecule has 1 atom stereocenters. The smallest absolute Gasteiger partial charge is 0.314 e. The molecule has 0 radical (unpaired) electrons. The summed E-state index contributed by atoms with van der Waals surface area (Å²) in [6.45, 7) is 3.11. The van der Waals surface area contributed by atoms with Crippen molar-refractivity contribution in [2.75, 3.05) is 34.0 Å². The van der Waals surface area contributed by atoms with Crippen LogP contribution in [-0.2, 0) is 4.79 Å². The van der Waals surface area contributed by atoms with Crippen molar-refractivity contribution in [3.05, 3.63) is 83.4 Å². The number of likely N-dealkylation sites (N-methyl/N-ethyl adjacent to an activating group) is 1. The first-order valence-corrected chi connectivity index (χ1v) is 13.4. The highest BCUT2D eigenvalue weighted by Crippen LogP contribution is 2.40. The number of fused-ring (bicyclic) bond motifs is 1. The SMILES string of the molecule is CC/C(=C(/c1ccc(OCC(O)CN(C)C)cc1)c1ccc(OC(=O)C2CC2)cc1)c1ccc2c(c1)OCO2. The number of carbonyl (C=O) groups excluding carboxylic acids is 1. The molecule has 1 aliphatic heterocycles. The van der Waals surface area contributed by atoms with Crippen LogP contribution in [0.1, 0.15) is 42.9 Å². The van der Waals surface area contributed by atoms with Gasteiger partial charge in [-0.1, -0.05) is 37.3 Å². The molecule has 1 N–H and O–H groups in total. The topological polar surface area (TPSA) is 77.5 Å². The molecule has 0 saturated heterocycles. The van der Waals surface area contributed by atoms with E-state index in [4.69, 9.17) is 18.9 Å². The number of aliphatic hydroxyl groups is 1. The van der Waals surface area contributed by atoms with Gasteiger partial charge in [-0.25, -0.2) is 0 Å². The van der Waals surface area contributed by atoms with Gasteiger partial charge < -0.3 is 29.0 Å². The Bertz CT molecular complexity index is 1330. The van der Waals surface area contributed by atoms with Gasteiger partial charge in [0.25, 0.3) is 0 Å². The number of aliphatic hydroxyl groups excluding tert-OH is 1. The van der Waals surface area contributed by atoms with E-state index >= 15 is 0 Å². The van der Waals surface area contributed by atoms with Gasteiger partial charge in [0.05, 0.1) is 5.92 Å². The minimum atomic E-state index is -0.569. The summed E-state index contributed by atoms with van der Waals surface area (Å²) >= 11 is 0. The second-order valence-electron chi connectivity index (χ2n) is 10.2. The first-order valence-electron chi connectivity index (χ1n) is 13.4. The molecule has 3 aromatic carbocycles. The van der Waals surface area contributed by atoms with Crippen molar-refractivity contribution in [2.24, 2.45) is 5.92 Å². The molecule has 1 unspecified atom stereocenters. The molecule has 7 heteroatoms. The quantitative estimate of drug-likeness (QED) is 0.202. The molecular weight excluding hydrogens is 494 g/mol. The summed E-state index contributed by atoms with van der Waals surface area (Å²) in [7, 11) is 3.84. The number of carbonyl (C=O) groups is 1. The Morgan fingerprint density at radius 2 is 1.54 bits per heavy atom. The van der Waals surface area contributed by atoms with E-state index in [1.807, 2.05) is 79.7 Å². The highest BCUT2D eigenvalue weighted by molar-refractivity contribution is 5.99. The fourth-order valence-corrected chi connectivity index (χ4v) is 4.72. The molecule has 0 amide bonds. The third kappa shape index (κ3) is 6.61. The number of allylic oxidation sites excluding steroid dienone is 1. The monoisotopic (exact) mass is 529 g/mol. The van der Waals surface area contributed by atoms with Crippen LogP contribution in [0, 0.1) is 5.92 Å². The molecular formula is C32H35NO6. The van der Waals surface area contributed by atoms with Gasteiger partial charge in [0.15, 0.2) is 11.5 Å². The predicted octanol–water partition coefficient (Wildman–Crippen LogP) is 5.40. The van der Waals surface area contributed by atoms with Crippen LogP contribution >= 0.6 is 0 Å². The molecule has 5 rings (SSSR count). The number of benzene rings is 3. The van der Waals surface area contributed by atoms with E-state index in [1.54, 1.807) is 0 Å². The van der Waals surface area contributed by atoms with Crippen LogP contribution in [0.3, 0.4) is 0 Å². The highest BCUT2D eigenvalue weighted by Gasteiger charge is 2.31. The minimum Gasteiger partial charge on any atom is -0.491 e. The van der Waals surface area contributed by atoms with Gasteiger partial charge in [0.2, 0.25) is 6.79 Å². The molecule has 3 aromatic rings. The number of rotatable bonds is 11. The van der Waals surface area contributed by atoms with Crippen molar-refractivity contribution < 1.29 is 28.8 Å². The summed E-state index contributed by atoms with van der Waals surface area (Å²) in [6, 6.07) is 21.6. The van der Waals surface area contributed by atoms with Crippen molar-refractivity contribution >= 4 is 17.1 Å². The summed E-state index contributed by atoms with van der Waals surface area (Å²) in [5.74, 6) is 2.62. The number of esters is 1. The zero-order valence-electron chi connectivity index (χ0n) is 22.7. The maximum absolute atomic E-state index is 12.1. The van der Waals surface area contributed by atoms with Gasteiger partial charge in [-0.15, -0.1) is 0 Å². The molecule has 0 bridgehead atoms. The minimum absolute atomic E-state index is 0.0440. The molecule has 0 spiro atoms. The van der Waals surface area contributed by atoms with Gasteiger partial charge in [0.1, 0.15) is 24.2 Å². The van der Waals surface area contributed by atoms with E-state index in [1.165, 1.54) is 0 Å². The molecule has 204 valence electrons. The lowest BCUT2D eigenvalue weighted by atomic mass is 9.88. The van der Waals surface area contributed by atoms with Crippen LogP contribution in [-0.4, -0.2) is 56.1 Å². The van der Waals surface area contributed by atoms with E-state index in [9.17, 15) is 9.90 Å². The number of ether oxygens (including phenoxy) is 4. The number of hydrogen-bond acceptors (Lipinski definition) is 7. The van der Waals surface area contributed by atoms with Crippen molar-refractivity contribution in [3.63, 3.8) is 0 Å². The average Bonchev–Trinajstić information content (AvgIpc) is 3.68. The van der Waals surface area contributed by atoms with E-state index in [0.717, 1.165) is 58.6 Å². The Balaban J connectivity index is 1.47. The first kappa shape index (κ1) is 26.8. The summed E-state index contributed by atoms with van der Waals surface area (Å²) in [4.78, 5) is 14.1. The van der Waals surface area contributed by atoms with Crippen molar-refractivity contribution in [2.45, 2.75) is 32.3 Å². The van der Waals surface area contributed by atoms with Gasteiger partial charge in [-0.05, 0) is 97.6 Å². The lowest BCUT2D eigenvalue weighted by Crippen LogP contribution is -2.30. The van der Waals surface area contributed by atoms with Crippen LogP contribution < -0.4 is 18.9 Å². The Hall–Kier alpha value is -3.81. The maximum Gasteiger partial charge on any atom is 0.314 e. The zero-order valence-corrected chi connectivity index (χ0v) is 22.7. The van der Waals surface area contributed by atoms with Crippen LogP contribution in [0.2, 0.25) is 0 Å². The van der Waals surface area contributed by atoms with E-state index in [2.05, 4.69) is 13.0 Å². The average molecular weight is 530 g/mol. The van der Waals surface area contributed by atoms with Crippen molar-refractivity contribution in [1.29, 1.82) is 0 Å². The molecule has 1 fully saturated rings. The van der Waals surface area contributed by atoms with E-state index in [-0.39, 0.29) is 25.3 Å². The molecule has 1 saturated carbocycles. The standard InChI is InChI=1S/C32H35NO6/c1-4-28(24-11-16-29-30(17-24)38-20-37-29)31(22-9-14-27(15-10-22)39-32(35)23-5-6-23)21-7-12-26(13-8-21)36-19-25(34)18-33(2)3/h7-17,23,25,34H,4-6,18-20H2,1-3H3/b31-28+. The van der Waals surface area contributed by atoms with Gasteiger partial charge in [0, 0.05) is 6.54 Å². The zero-order chi connectivity index (χ0) is 27.4. The third-order valence-electron chi connectivity index (χ3n) is 6.81. The third-order valence-corrected chi connectivity index (χ3v) is 6.81. The Labute approximate surface area is 229 Å². The molecule has 7 nitrogen and oxygen atoms in total. The summed E-state index contributed by atoms with van der Waals surface area (Å²) in [6.07, 6.45) is 2.03. The predicted molar refractivity (Wildman–Crippen MR) is 150 cm³/mol. The fraction of sp³-hybridized carbons (Fsp3) is 0.344. The summed E-state index contributed by atoms with van der Waals surface area (Å²) < 4.78 is 22.6. The second kappa shape index (κ2) is 11.9. The number of hydrogen-bond donors (Lipinski definition) is 1. The van der Waals surface area contributed by atoms with Gasteiger partial charge in [-0.3, -0.25) is 4.79 Å². The molecule has 1 heterocycles. The number of nitrogens with zero attached hydrogens (tertiary/aromatic N) is 1. The lowest BCUT2D eigenvalue weighted by Gasteiger charge is -2.18. The highest BCUT2D eigenvalue weighted by atomic mass is 16.7. The van der Waals surface area contributed by atoms with Crippen LogP contribution in [0.5, 0.6) is 23.0 Å². The van der Waals surface area contributed by atoms with Crippen LogP contribution in [0.15, 0.2) is 66.7 Å². The summed E-state index contributed by atoms with van der Waals surface area (Å²) in [5, 5.41) is 10.2. The molecule has 39 heavy (non-hydrogen) atoms. The Kier molecular flexibility index (Phi) is 8.19. The van der Waals surface area contributed by atoms with Crippen molar-refractivity contribution in [1.82, 2.24) is 4.90 Å². The van der Waals surface area contributed by atoms with E-state index < -0.39 is 6.10 Å². The Morgan fingerprint density at radius 1 is 0.923 bits per heavy atom. The van der Waals surface area contributed by atoms with E-state index in [0.29, 0.717) is 18.0 Å². The van der Waals surface area contributed by atoms with Gasteiger partial charge in [-0.2, -0.15) is 0 Å². The van der Waals surface area contributed by atoms with Crippen LogP contribution in [0.4, 0.5) is 0 Å². The van der Waals surface area contributed by atoms with Gasteiger partial charge >= 0.3 is 5.97 Å². The maximum atomic E-state index is 12.1. The largest absolute Gasteiger partial charge is 0.491 e. The first-order chi connectivity index (χ1) is 18.9. The van der Waals surface area contributed by atoms with Crippen LogP contribution in [0.25, 0.3) is 11.1 Å². The Morgan fingerprint density at radius 3 is 2.15 bits per heavy atom. The van der Waals surface area contributed by atoms with Crippen molar-refractivity contribution in [3.8, 4) is 23.0 Å². The normalized spacial score (nSPS) is 15.6. The summed E-state index contributed by atoms with van der Waals surface area (Å²) in [5.41, 5.74) is 5.29. The fourth-order valence-electron chi connectivity index (χ4n) is 4.72. The molecule has 1 aliphatic carbocycles. The molecule has 2 aliphatic rings. The second-order valence-corrected chi connectivity index (χ2v) is 10.2. The lowest BCUT2D eigenvalue weighted by molar-refractivity contribution is -0.135.